The van der Waals surface area contributed by atoms with Gasteiger partial charge in [-0.25, -0.2) is 0 Å². The molecule has 0 radical (unpaired) electrons. The fourth-order valence-corrected chi connectivity index (χ4v) is 3.29. The maximum atomic E-state index is 12.1. The third-order valence-corrected chi connectivity index (χ3v) is 5.08. The first-order valence-corrected chi connectivity index (χ1v) is 9.25. The Morgan fingerprint density at radius 2 is 2.00 bits per heavy atom. The predicted octanol–water partition coefficient (Wildman–Crippen LogP) is 2.35. The van der Waals surface area contributed by atoms with Gasteiger partial charge < -0.3 is 20.2 Å². The van der Waals surface area contributed by atoms with Crippen LogP contribution in [-0.2, 0) is 15.2 Å². The van der Waals surface area contributed by atoms with Crippen LogP contribution in [0.5, 0.6) is 0 Å². The molecule has 2 aromatic rings. The van der Waals surface area contributed by atoms with Crippen LogP contribution >= 0.6 is 11.8 Å². The molecule has 1 aliphatic rings. The molecule has 0 aliphatic heterocycles. The zero-order valence-corrected chi connectivity index (χ0v) is 14.6. The Hall–Kier alpha value is -2.25. The fraction of sp³-hybridized carbons (Fsp3) is 0.333. The third-order valence-electron chi connectivity index (χ3n) is 4.28. The van der Waals surface area contributed by atoms with Crippen molar-refractivity contribution in [2.24, 2.45) is 5.92 Å². The van der Waals surface area contributed by atoms with Gasteiger partial charge in [0, 0.05) is 4.90 Å². The lowest BCUT2D eigenvalue weighted by molar-refractivity contribution is -0.137. The van der Waals surface area contributed by atoms with Crippen LogP contribution in [0.1, 0.15) is 18.6 Å². The Balaban J connectivity index is 1.62. The van der Waals surface area contributed by atoms with E-state index >= 15 is 0 Å². The molecule has 7 heteroatoms. The lowest BCUT2D eigenvalue weighted by atomic mass is 9.94. The van der Waals surface area contributed by atoms with E-state index in [1.54, 1.807) is 24.3 Å². The summed E-state index contributed by atoms with van der Waals surface area (Å²) in [6.07, 6.45) is 5.10. The lowest BCUT2D eigenvalue weighted by Gasteiger charge is -2.26. The minimum atomic E-state index is -1.28. The van der Waals surface area contributed by atoms with Gasteiger partial charge in [0.15, 0.2) is 0 Å². The van der Waals surface area contributed by atoms with Gasteiger partial charge >= 0.3 is 11.8 Å². The maximum Gasteiger partial charge on any atom is 0.313 e. The molecule has 3 rings (SSSR count). The molecule has 132 valence electrons. The van der Waals surface area contributed by atoms with Crippen LogP contribution in [0.15, 0.2) is 52.0 Å². The second-order valence-corrected chi connectivity index (χ2v) is 6.86. The maximum absolute atomic E-state index is 12.1. The number of carbonyl (C=O) groups excluding carboxylic acids is 2. The minimum Gasteiger partial charge on any atom is -0.466 e. The number of anilines is 1. The quantitative estimate of drug-likeness (QED) is 0.543. The zero-order chi connectivity index (χ0) is 17.9. The van der Waals surface area contributed by atoms with E-state index in [2.05, 4.69) is 10.6 Å². The van der Waals surface area contributed by atoms with Gasteiger partial charge in [-0.2, -0.15) is 0 Å². The molecule has 0 saturated heterocycles. The molecule has 1 atom stereocenters. The van der Waals surface area contributed by atoms with Gasteiger partial charge in [-0.1, -0.05) is 12.1 Å². The molecule has 0 bridgehead atoms. The summed E-state index contributed by atoms with van der Waals surface area (Å²) in [6.45, 7) is -0.0678. The molecule has 1 heterocycles. The van der Waals surface area contributed by atoms with E-state index in [1.165, 1.54) is 18.0 Å². The van der Waals surface area contributed by atoms with Gasteiger partial charge in [-0.05, 0) is 49.3 Å². The number of hydrogen-bond acceptors (Lipinski definition) is 5. The first-order valence-electron chi connectivity index (χ1n) is 8.03. The van der Waals surface area contributed by atoms with Crippen LogP contribution in [0.4, 0.5) is 5.69 Å². The van der Waals surface area contributed by atoms with Crippen molar-refractivity contribution in [2.45, 2.75) is 23.3 Å². The fourth-order valence-electron chi connectivity index (χ4n) is 2.74. The first kappa shape index (κ1) is 17.6. The van der Waals surface area contributed by atoms with Gasteiger partial charge in [-0.3, -0.25) is 9.59 Å². The van der Waals surface area contributed by atoms with E-state index in [4.69, 9.17) is 4.42 Å². The number of amides is 2. The van der Waals surface area contributed by atoms with Crippen molar-refractivity contribution in [3.05, 3.63) is 48.4 Å². The smallest absolute Gasteiger partial charge is 0.313 e. The Morgan fingerprint density at radius 1 is 1.24 bits per heavy atom. The summed E-state index contributed by atoms with van der Waals surface area (Å²) < 4.78 is 5.31. The number of nitrogens with one attached hydrogen (secondary N) is 2. The van der Waals surface area contributed by atoms with Crippen molar-refractivity contribution in [1.29, 1.82) is 0 Å². The number of para-hydroxylation sites is 1. The first-order chi connectivity index (χ1) is 12.0. The Kier molecular flexibility index (Phi) is 5.15. The highest BCUT2D eigenvalue weighted by molar-refractivity contribution is 7.98. The second-order valence-electron chi connectivity index (χ2n) is 6.01. The predicted molar refractivity (Wildman–Crippen MR) is 95.2 cm³/mol. The molecule has 1 aromatic carbocycles. The third kappa shape index (κ3) is 3.88. The number of thioether (sulfide) groups is 1. The van der Waals surface area contributed by atoms with Crippen molar-refractivity contribution in [3.8, 4) is 0 Å². The highest BCUT2D eigenvalue weighted by Crippen LogP contribution is 2.45. The number of furan rings is 1. The topological polar surface area (TPSA) is 91.6 Å². The number of hydrogen-bond donors (Lipinski definition) is 3. The Bertz CT molecular complexity index is 758. The molecule has 0 unspecified atom stereocenters. The Morgan fingerprint density at radius 3 is 2.64 bits per heavy atom. The molecule has 1 fully saturated rings. The van der Waals surface area contributed by atoms with Gasteiger partial charge in [0.2, 0.25) is 0 Å². The molecule has 1 saturated carbocycles. The van der Waals surface area contributed by atoms with E-state index in [0.717, 1.165) is 17.7 Å². The molecule has 2 amide bonds. The van der Waals surface area contributed by atoms with Crippen LogP contribution in [0.3, 0.4) is 0 Å². The van der Waals surface area contributed by atoms with Gasteiger partial charge in [0.05, 0.1) is 18.5 Å². The van der Waals surface area contributed by atoms with Gasteiger partial charge in [0.1, 0.15) is 11.4 Å². The molecule has 0 spiro atoms. The molecular weight excluding hydrogens is 340 g/mol. The highest BCUT2D eigenvalue weighted by atomic mass is 32.2. The average Bonchev–Trinajstić information content (AvgIpc) is 3.34. The van der Waals surface area contributed by atoms with E-state index < -0.39 is 17.4 Å². The van der Waals surface area contributed by atoms with Gasteiger partial charge in [0.25, 0.3) is 0 Å². The van der Waals surface area contributed by atoms with Crippen molar-refractivity contribution in [2.75, 3.05) is 18.1 Å². The molecule has 6 nitrogen and oxygen atoms in total. The van der Waals surface area contributed by atoms with Crippen molar-refractivity contribution < 1.29 is 19.1 Å². The normalized spacial score (nSPS) is 16.1. The summed E-state index contributed by atoms with van der Waals surface area (Å²) >= 11 is 1.48. The summed E-state index contributed by atoms with van der Waals surface area (Å²) in [5, 5.41) is 16.0. The number of benzene rings is 1. The van der Waals surface area contributed by atoms with Crippen molar-refractivity contribution in [3.63, 3.8) is 0 Å². The minimum absolute atomic E-state index is 0.0271. The standard InChI is InChI=1S/C18H20N2O4S/c1-25-14-6-3-2-5-13(14)20-17(22)16(21)19-11-18(23,12-8-9-12)15-7-4-10-24-15/h2-7,10,12,23H,8-9,11H2,1H3,(H,19,21)(H,20,22)/t18-/m0/s1. The number of rotatable bonds is 6. The Labute approximate surface area is 150 Å². The molecule has 3 N–H and O–H groups in total. The van der Waals surface area contributed by atoms with Crippen LogP contribution in [0, 0.1) is 5.92 Å². The van der Waals surface area contributed by atoms with Crippen molar-refractivity contribution >= 4 is 29.3 Å². The van der Waals surface area contributed by atoms with Crippen molar-refractivity contribution in [1.82, 2.24) is 5.32 Å². The number of aliphatic hydroxyl groups is 1. The van der Waals surface area contributed by atoms with E-state index in [9.17, 15) is 14.7 Å². The summed E-state index contributed by atoms with van der Waals surface area (Å²) in [5.74, 6) is -1.12. The number of carbonyl (C=O) groups is 2. The summed E-state index contributed by atoms with van der Waals surface area (Å²) in [5.41, 5.74) is -0.699. The zero-order valence-electron chi connectivity index (χ0n) is 13.8. The van der Waals surface area contributed by atoms with Crippen LogP contribution in [0.2, 0.25) is 0 Å². The van der Waals surface area contributed by atoms with E-state index in [0.29, 0.717) is 11.4 Å². The second kappa shape index (κ2) is 7.33. The monoisotopic (exact) mass is 360 g/mol. The molecule has 25 heavy (non-hydrogen) atoms. The van der Waals surface area contributed by atoms with E-state index in [-0.39, 0.29) is 12.5 Å². The SMILES string of the molecule is CSc1ccccc1NC(=O)C(=O)NC[C@@](O)(c1ccco1)C1CC1. The summed E-state index contributed by atoms with van der Waals surface area (Å²) in [7, 11) is 0. The lowest BCUT2D eigenvalue weighted by Crippen LogP contribution is -2.45. The highest BCUT2D eigenvalue weighted by Gasteiger charge is 2.47. The van der Waals surface area contributed by atoms with Gasteiger partial charge in [-0.15, -0.1) is 11.8 Å². The molecule has 1 aliphatic carbocycles. The summed E-state index contributed by atoms with van der Waals surface area (Å²) in [4.78, 5) is 25.1. The van der Waals surface area contributed by atoms with E-state index in [1.807, 2.05) is 18.4 Å². The summed E-state index contributed by atoms with van der Waals surface area (Å²) in [6, 6.07) is 10.6. The molecular formula is C18H20N2O4S. The van der Waals surface area contributed by atoms with Crippen LogP contribution in [0.25, 0.3) is 0 Å². The largest absolute Gasteiger partial charge is 0.466 e. The molecule has 1 aromatic heterocycles. The average molecular weight is 360 g/mol. The van der Waals surface area contributed by atoms with Crippen LogP contribution < -0.4 is 10.6 Å². The van der Waals surface area contributed by atoms with Crippen LogP contribution in [-0.4, -0.2) is 29.7 Å².